The van der Waals surface area contributed by atoms with E-state index in [1.807, 2.05) is 43.1 Å². The highest BCUT2D eigenvalue weighted by atomic mass is 16.2. The zero-order valence-corrected chi connectivity index (χ0v) is 12.0. The predicted octanol–water partition coefficient (Wildman–Crippen LogP) is 2.21. The Kier molecular flexibility index (Phi) is 3.98. The Balaban J connectivity index is 2.18. The molecule has 1 aliphatic carbocycles. The number of nitrogen functional groups attached to an aromatic ring is 1. The predicted molar refractivity (Wildman–Crippen MR) is 79.5 cm³/mol. The SMILES string of the molecule is CN(CC1CCC1)C(=O)c1cc(N)ccc1N(C)C. The molecule has 0 heterocycles. The summed E-state index contributed by atoms with van der Waals surface area (Å²) in [7, 11) is 5.76. The molecule has 104 valence electrons. The van der Waals surface area contributed by atoms with Gasteiger partial charge in [0.25, 0.3) is 5.91 Å². The number of hydrogen-bond donors (Lipinski definition) is 1. The van der Waals surface area contributed by atoms with Crippen LogP contribution in [0.5, 0.6) is 0 Å². The summed E-state index contributed by atoms with van der Waals surface area (Å²) < 4.78 is 0. The molecule has 19 heavy (non-hydrogen) atoms. The maximum atomic E-state index is 12.5. The summed E-state index contributed by atoms with van der Waals surface area (Å²) in [6.07, 6.45) is 3.79. The molecular formula is C15H23N3O. The first kappa shape index (κ1) is 13.7. The molecular weight excluding hydrogens is 238 g/mol. The molecule has 2 rings (SSSR count). The van der Waals surface area contributed by atoms with Crippen molar-refractivity contribution in [1.29, 1.82) is 0 Å². The topological polar surface area (TPSA) is 49.6 Å². The van der Waals surface area contributed by atoms with Gasteiger partial charge in [-0.1, -0.05) is 6.42 Å². The summed E-state index contributed by atoms with van der Waals surface area (Å²) in [6.45, 7) is 0.848. The Bertz CT molecular complexity index is 466. The summed E-state index contributed by atoms with van der Waals surface area (Å²) in [5, 5.41) is 0. The molecule has 1 saturated carbocycles. The maximum absolute atomic E-state index is 12.5. The zero-order valence-electron chi connectivity index (χ0n) is 12.0. The standard InChI is InChI=1S/C15H23N3O/c1-17(2)14-8-7-12(16)9-13(14)15(19)18(3)10-11-5-4-6-11/h7-9,11H,4-6,10,16H2,1-3H3. The molecule has 1 aromatic rings. The second-order valence-electron chi connectivity index (χ2n) is 5.65. The van der Waals surface area contributed by atoms with Crippen molar-refractivity contribution in [3.63, 3.8) is 0 Å². The van der Waals surface area contributed by atoms with Gasteiger partial charge in [-0.15, -0.1) is 0 Å². The van der Waals surface area contributed by atoms with Gasteiger partial charge in [-0.25, -0.2) is 0 Å². The third kappa shape index (κ3) is 3.00. The number of nitrogens with two attached hydrogens (primary N) is 1. The van der Waals surface area contributed by atoms with Crippen LogP contribution in [0, 0.1) is 5.92 Å². The molecule has 1 aliphatic rings. The number of carbonyl (C=O) groups is 1. The number of benzene rings is 1. The summed E-state index contributed by atoms with van der Waals surface area (Å²) in [5.41, 5.74) is 8.05. The molecule has 1 aromatic carbocycles. The second kappa shape index (κ2) is 5.51. The van der Waals surface area contributed by atoms with Crippen LogP contribution < -0.4 is 10.6 Å². The van der Waals surface area contributed by atoms with Gasteiger partial charge in [0.05, 0.1) is 5.56 Å². The van der Waals surface area contributed by atoms with Gasteiger partial charge in [-0.3, -0.25) is 4.79 Å². The quantitative estimate of drug-likeness (QED) is 0.845. The lowest BCUT2D eigenvalue weighted by atomic mass is 9.85. The van der Waals surface area contributed by atoms with Gasteiger partial charge in [0.15, 0.2) is 0 Å². The number of rotatable bonds is 4. The van der Waals surface area contributed by atoms with E-state index in [4.69, 9.17) is 5.73 Å². The van der Waals surface area contributed by atoms with E-state index in [2.05, 4.69) is 0 Å². The van der Waals surface area contributed by atoms with Crippen LogP contribution in [0.4, 0.5) is 11.4 Å². The highest BCUT2D eigenvalue weighted by molar-refractivity contribution is 6.00. The van der Waals surface area contributed by atoms with E-state index in [1.165, 1.54) is 19.3 Å². The van der Waals surface area contributed by atoms with Crippen LogP contribution >= 0.6 is 0 Å². The van der Waals surface area contributed by atoms with E-state index in [0.717, 1.165) is 12.2 Å². The van der Waals surface area contributed by atoms with Gasteiger partial charge in [-0.2, -0.15) is 0 Å². The molecule has 4 nitrogen and oxygen atoms in total. The summed E-state index contributed by atoms with van der Waals surface area (Å²) in [5.74, 6) is 0.737. The molecule has 0 aromatic heterocycles. The Morgan fingerprint density at radius 1 is 1.32 bits per heavy atom. The second-order valence-corrected chi connectivity index (χ2v) is 5.65. The van der Waals surface area contributed by atoms with Crippen molar-refractivity contribution in [3.05, 3.63) is 23.8 Å². The van der Waals surface area contributed by atoms with Crippen LogP contribution in [0.15, 0.2) is 18.2 Å². The lowest BCUT2D eigenvalue weighted by Gasteiger charge is -2.31. The van der Waals surface area contributed by atoms with Crippen LogP contribution in [0.2, 0.25) is 0 Å². The largest absolute Gasteiger partial charge is 0.399 e. The van der Waals surface area contributed by atoms with E-state index in [1.54, 1.807) is 6.07 Å². The molecule has 0 bridgehead atoms. The van der Waals surface area contributed by atoms with Crippen molar-refractivity contribution in [2.45, 2.75) is 19.3 Å². The third-order valence-electron chi connectivity index (χ3n) is 3.84. The van der Waals surface area contributed by atoms with Crippen LogP contribution in [0.25, 0.3) is 0 Å². The first-order valence-electron chi connectivity index (χ1n) is 6.81. The lowest BCUT2D eigenvalue weighted by molar-refractivity contribution is 0.0746. The van der Waals surface area contributed by atoms with Crippen LogP contribution in [-0.4, -0.2) is 38.5 Å². The van der Waals surface area contributed by atoms with Crippen LogP contribution in [-0.2, 0) is 0 Å². The van der Waals surface area contributed by atoms with E-state index < -0.39 is 0 Å². The Labute approximate surface area is 115 Å². The molecule has 2 N–H and O–H groups in total. The summed E-state index contributed by atoms with van der Waals surface area (Å²) >= 11 is 0. The first-order chi connectivity index (χ1) is 8.99. The number of hydrogen-bond acceptors (Lipinski definition) is 3. The first-order valence-corrected chi connectivity index (χ1v) is 6.81. The van der Waals surface area contributed by atoms with Crippen molar-refractivity contribution >= 4 is 17.3 Å². The zero-order chi connectivity index (χ0) is 14.0. The molecule has 1 amide bonds. The van der Waals surface area contributed by atoms with E-state index in [-0.39, 0.29) is 5.91 Å². The van der Waals surface area contributed by atoms with Gasteiger partial charge in [0.2, 0.25) is 0 Å². The molecule has 0 spiro atoms. The van der Waals surface area contributed by atoms with Crippen molar-refractivity contribution < 1.29 is 4.79 Å². The average molecular weight is 261 g/mol. The Morgan fingerprint density at radius 3 is 2.53 bits per heavy atom. The number of anilines is 2. The normalized spacial score (nSPS) is 14.9. The number of nitrogens with zero attached hydrogens (tertiary/aromatic N) is 2. The minimum Gasteiger partial charge on any atom is -0.399 e. The minimum absolute atomic E-state index is 0.0582. The van der Waals surface area contributed by atoms with Crippen molar-refractivity contribution in [2.24, 2.45) is 5.92 Å². The molecule has 0 aliphatic heterocycles. The number of carbonyl (C=O) groups excluding carboxylic acids is 1. The van der Waals surface area contributed by atoms with Gasteiger partial charge < -0.3 is 15.5 Å². The number of amides is 1. The van der Waals surface area contributed by atoms with Crippen LogP contribution in [0.3, 0.4) is 0 Å². The van der Waals surface area contributed by atoms with Crippen molar-refractivity contribution in [2.75, 3.05) is 38.3 Å². The van der Waals surface area contributed by atoms with Gasteiger partial charge in [0, 0.05) is 39.1 Å². The van der Waals surface area contributed by atoms with Crippen molar-refractivity contribution in [3.8, 4) is 0 Å². The van der Waals surface area contributed by atoms with E-state index in [9.17, 15) is 4.79 Å². The molecule has 0 unspecified atom stereocenters. The summed E-state index contributed by atoms with van der Waals surface area (Å²) in [6, 6.07) is 5.51. The Morgan fingerprint density at radius 2 is 2.00 bits per heavy atom. The highest BCUT2D eigenvalue weighted by Gasteiger charge is 2.23. The lowest BCUT2D eigenvalue weighted by Crippen LogP contribution is -2.35. The molecule has 0 atom stereocenters. The van der Waals surface area contributed by atoms with Gasteiger partial charge >= 0.3 is 0 Å². The highest BCUT2D eigenvalue weighted by Crippen LogP contribution is 2.28. The smallest absolute Gasteiger partial charge is 0.255 e. The Hall–Kier alpha value is -1.71. The van der Waals surface area contributed by atoms with Gasteiger partial charge in [-0.05, 0) is 37.0 Å². The fraction of sp³-hybridized carbons (Fsp3) is 0.533. The van der Waals surface area contributed by atoms with E-state index >= 15 is 0 Å². The van der Waals surface area contributed by atoms with Crippen LogP contribution in [0.1, 0.15) is 29.6 Å². The molecule has 1 fully saturated rings. The summed E-state index contributed by atoms with van der Waals surface area (Å²) in [4.78, 5) is 16.3. The minimum atomic E-state index is 0.0582. The monoisotopic (exact) mass is 261 g/mol. The van der Waals surface area contributed by atoms with E-state index in [0.29, 0.717) is 17.2 Å². The molecule has 0 saturated heterocycles. The molecule has 0 radical (unpaired) electrons. The fourth-order valence-electron chi connectivity index (χ4n) is 2.47. The maximum Gasteiger partial charge on any atom is 0.255 e. The fourth-order valence-corrected chi connectivity index (χ4v) is 2.47. The van der Waals surface area contributed by atoms with Gasteiger partial charge in [0.1, 0.15) is 0 Å². The molecule has 4 heteroatoms. The van der Waals surface area contributed by atoms with Crippen molar-refractivity contribution in [1.82, 2.24) is 4.90 Å². The average Bonchev–Trinajstić information content (AvgIpc) is 2.32. The third-order valence-corrected chi connectivity index (χ3v) is 3.84.